The van der Waals surface area contributed by atoms with Crippen molar-refractivity contribution in [3.63, 3.8) is 0 Å². The third-order valence-corrected chi connectivity index (χ3v) is 4.36. The first-order chi connectivity index (χ1) is 8.58. The smallest absolute Gasteiger partial charge is 0.307 e. The molecule has 0 bridgehead atoms. The zero-order valence-electron chi connectivity index (χ0n) is 10.8. The lowest BCUT2D eigenvalue weighted by Gasteiger charge is -2.20. The van der Waals surface area contributed by atoms with Gasteiger partial charge in [0.15, 0.2) is 0 Å². The largest absolute Gasteiger partial charge is 0.481 e. The highest BCUT2D eigenvalue weighted by Gasteiger charge is 2.22. The van der Waals surface area contributed by atoms with E-state index in [-0.39, 0.29) is 11.8 Å². The second-order valence-corrected chi connectivity index (χ2v) is 6.14. The van der Waals surface area contributed by atoms with Crippen molar-refractivity contribution in [3.05, 3.63) is 23.8 Å². The van der Waals surface area contributed by atoms with Gasteiger partial charge in [0.1, 0.15) is 0 Å². The molecule has 0 spiro atoms. The van der Waals surface area contributed by atoms with Gasteiger partial charge in [-0.1, -0.05) is 19.9 Å². The fraction of sp³-hybridized carbons (Fsp3) is 0.500. The topological polar surface area (TPSA) is 49.3 Å². The molecule has 0 aliphatic carbocycles. The summed E-state index contributed by atoms with van der Waals surface area (Å²) in [6.07, 6.45) is 0.612. The summed E-state index contributed by atoms with van der Waals surface area (Å²) in [5, 5.41) is 12.6. The Morgan fingerprint density at radius 1 is 1.50 bits per heavy atom. The Bertz CT molecular complexity index is 445. The van der Waals surface area contributed by atoms with Crippen LogP contribution in [0.3, 0.4) is 0 Å². The van der Waals surface area contributed by atoms with Crippen LogP contribution < -0.4 is 5.32 Å². The van der Waals surface area contributed by atoms with Gasteiger partial charge in [0.25, 0.3) is 0 Å². The highest BCUT2D eigenvalue weighted by molar-refractivity contribution is 7.99. The Kier molecular flexibility index (Phi) is 4.17. The normalized spacial score (nSPS) is 15.9. The summed E-state index contributed by atoms with van der Waals surface area (Å²) >= 11 is 1.84. The molecule has 18 heavy (non-hydrogen) atoms. The Morgan fingerprint density at radius 3 is 2.94 bits per heavy atom. The third-order valence-electron chi connectivity index (χ3n) is 3.30. The van der Waals surface area contributed by atoms with Crippen molar-refractivity contribution < 1.29 is 9.90 Å². The van der Waals surface area contributed by atoms with Gasteiger partial charge in [0.05, 0.1) is 5.92 Å². The van der Waals surface area contributed by atoms with Gasteiger partial charge in [-0.25, -0.2) is 0 Å². The number of hydrogen-bond donors (Lipinski definition) is 2. The molecular formula is C14H19NO2S. The Hall–Kier alpha value is -1.16. The van der Waals surface area contributed by atoms with Crippen LogP contribution in [0.15, 0.2) is 23.1 Å². The summed E-state index contributed by atoms with van der Waals surface area (Å²) in [6, 6.07) is 6.23. The number of carboxylic acid groups (broad SMARTS) is 1. The Morgan fingerprint density at radius 2 is 2.28 bits per heavy atom. The summed E-state index contributed by atoms with van der Waals surface area (Å²) in [5.74, 6) is 0.227. The Labute approximate surface area is 112 Å². The SMILES string of the molecule is CC(C)C(Cc1ccc2c(c1)SCCN2)C(=O)O. The van der Waals surface area contributed by atoms with Crippen molar-refractivity contribution in [3.8, 4) is 0 Å². The van der Waals surface area contributed by atoms with E-state index in [1.165, 1.54) is 10.6 Å². The van der Waals surface area contributed by atoms with Gasteiger partial charge in [-0.05, 0) is 30.0 Å². The van der Waals surface area contributed by atoms with Gasteiger partial charge in [-0.15, -0.1) is 11.8 Å². The van der Waals surface area contributed by atoms with Crippen LogP contribution in [-0.4, -0.2) is 23.4 Å². The van der Waals surface area contributed by atoms with Crippen LogP contribution in [0.1, 0.15) is 19.4 Å². The number of fused-ring (bicyclic) bond motifs is 1. The predicted octanol–water partition coefficient (Wildman–Crippen LogP) is 3.10. The molecule has 98 valence electrons. The summed E-state index contributed by atoms with van der Waals surface area (Å²) in [5.41, 5.74) is 2.29. The van der Waals surface area contributed by atoms with Crippen molar-refractivity contribution in [1.82, 2.24) is 0 Å². The maximum Gasteiger partial charge on any atom is 0.307 e. The fourth-order valence-electron chi connectivity index (χ4n) is 2.17. The van der Waals surface area contributed by atoms with Gasteiger partial charge in [0, 0.05) is 22.9 Å². The molecule has 0 saturated heterocycles. The van der Waals surface area contributed by atoms with Crippen LogP contribution >= 0.6 is 11.8 Å². The minimum absolute atomic E-state index is 0.157. The van der Waals surface area contributed by atoms with Crippen molar-refractivity contribution in [2.24, 2.45) is 11.8 Å². The molecular weight excluding hydrogens is 246 g/mol. The maximum atomic E-state index is 11.2. The van der Waals surface area contributed by atoms with E-state index in [1.807, 2.05) is 31.7 Å². The van der Waals surface area contributed by atoms with E-state index in [0.717, 1.165) is 17.9 Å². The van der Waals surface area contributed by atoms with E-state index in [9.17, 15) is 9.90 Å². The van der Waals surface area contributed by atoms with E-state index >= 15 is 0 Å². The average Bonchev–Trinajstić information content (AvgIpc) is 2.35. The zero-order chi connectivity index (χ0) is 13.1. The molecule has 3 nitrogen and oxygen atoms in total. The highest BCUT2D eigenvalue weighted by atomic mass is 32.2. The summed E-state index contributed by atoms with van der Waals surface area (Å²) in [4.78, 5) is 12.5. The molecule has 0 saturated carbocycles. The number of carbonyl (C=O) groups is 1. The summed E-state index contributed by atoms with van der Waals surface area (Å²) in [7, 11) is 0. The van der Waals surface area contributed by atoms with E-state index in [1.54, 1.807) is 0 Å². The monoisotopic (exact) mass is 265 g/mol. The number of aliphatic carboxylic acids is 1. The first-order valence-corrected chi connectivity index (χ1v) is 7.29. The van der Waals surface area contributed by atoms with Crippen molar-refractivity contribution in [1.29, 1.82) is 0 Å². The fourth-order valence-corrected chi connectivity index (χ4v) is 3.12. The van der Waals surface area contributed by atoms with Gasteiger partial charge in [0.2, 0.25) is 0 Å². The molecule has 1 atom stereocenters. The molecule has 1 heterocycles. The van der Waals surface area contributed by atoms with Gasteiger partial charge >= 0.3 is 5.97 Å². The average molecular weight is 265 g/mol. The molecule has 0 fully saturated rings. The molecule has 1 unspecified atom stereocenters. The molecule has 1 aromatic rings. The summed E-state index contributed by atoms with van der Waals surface area (Å²) in [6.45, 7) is 4.93. The van der Waals surface area contributed by atoms with E-state index in [4.69, 9.17) is 0 Å². The van der Waals surface area contributed by atoms with Gasteiger partial charge in [-0.2, -0.15) is 0 Å². The lowest BCUT2D eigenvalue weighted by atomic mass is 9.89. The number of hydrogen-bond acceptors (Lipinski definition) is 3. The maximum absolute atomic E-state index is 11.2. The first-order valence-electron chi connectivity index (χ1n) is 6.30. The van der Waals surface area contributed by atoms with Crippen LogP contribution in [0.2, 0.25) is 0 Å². The molecule has 2 rings (SSSR count). The number of benzene rings is 1. The van der Waals surface area contributed by atoms with Gasteiger partial charge in [-0.3, -0.25) is 4.79 Å². The number of rotatable bonds is 4. The van der Waals surface area contributed by atoms with E-state index in [0.29, 0.717) is 6.42 Å². The number of thioether (sulfide) groups is 1. The minimum Gasteiger partial charge on any atom is -0.481 e. The van der Waals surface area contributed by atoms with Crippen LogP contribution in [-0.2, 0) is 11.2 Å². The minimum atomic E-state index is -0.700. The van der Waals surface area contributed by atoms with E-state index in [2.05, 4.69) is 17.4 Å². The molecule has 0 amide bonds. The van der Waals surface area contributed by atoms with Crippen LogP contribution in [0.25, 0.3) is 0 Å². The lowest BCUT2D eigenvalue weighted by molar-refractivity contribution is -0.143. The highest BCUT2D eigenvalue weighted by Crippen LogP contribution is 2.32. The zero-order valence-corrected chi connectivity index (χ0v) is 11.6. The standard InChI is InChI=1S/C14H19NO2S/c1-9(2)11(14(16)17)7-10-3-4-12-13(8-10)18-6-5-15-12/h3-4,8-9,11,15H,5-7H2,1-2H3,(H,16,17). The molecule has 2 N–H and O–H groups in total. The quantitative estimate of drug-likeness (QED) is 0.878. The van der Waals surface area contributed by atoms with Crippen molar-refractivity contribution >= 4 is 23.4 Å². The number of anilines is 1. The number of nitrogens with one attached hydrogen (secondary N) is 1. The van der Waals surface area contributed by atoms with Gasteiger partial charge < -0.3 is 10.4 Å². The first kappa shape index (κ1) is 13.3. The predicted molar refractivity (Wildman–Crippen MR) is 75.3 cm³/mol. The molecule has 0 aromatic heterocycles. The second kappa shape index (κ2) is 5.65. The molecule has 0 radical (unpaired) electrons. The Balaban J connectivity index is 2.16. The van der Waals surface area contributed by atoms with Crippen molar-refractivity contribution in [2.45, 2.75) is 25.2 Å². The molecule has 4 heteroatoms. The van der Waals surface area contributed by atoms with Crippen molar-refractivity contribution in [2.75, 3.05) is 17.6 Å². The molecule has 1 aromatic carbocycles. The third kappa shape index (κ3) is 2.99. The molecule has 1 aliphatic heterocycles. The molecule has 1 aliphatic rings. The number of carboxylic acids is 1. The second-order valence-electron chi connectivity index (χ2n) is 5.00. The van der Waals surface area contributed by atoms with E-state index < -0.39 is 5.97 Å². The lowest BCUT2D eigenvalue weighted by Crippen LogP contribution is -2.22. The van der Waals surface area contributed by atoms with Crippen LogP contribution in [0, 0.1) is 11.8 Å². The van der Waals surface area contributed by atoms with Crippen LogP contribution in [0.4, 0.5) is 5.69 Å². The van der Waals surface area contributed by atoms with Crippen LogP contribution in [0.5, 0.6) is 0 Å². The summed E-state index contributed by atoms with van der Waals surface area (Å²) < 4.78 is 0.